The molecule has 0 aliphatic heterocycles. The number of aliphatic hydroxyl groups is 1. The van der Waals surface area contributed by atoms with E-state index in [-0.39, 0.29) is 25.2 Å². The van der Waals surface area contributed by atoms with E-state index in [1.807, 2.05) is 0 Å². The summed E-state index contributed by atoms with van der Waals surface area (Å²) in [5.74, 6) is 0.198. The molecule has 3 N–H and O–H groups in total. The first-order chi connectivity index (χ1) is 12.0. The zero-order chi connectivity index (χ0) is 18.2. The van der Waals surface area contributed by atoms with Crippen molar-refractivity contribution in [1.82, 2.24) is 5.32 Å². The Labute approximate surface area is 149 Å². The second-order valence-corrected chi connectivity index (χ2v) is 6.71. The minimum Gasteiger partial charge on any atom is -0.452 e. The van der Waals surface area contributed by atoms with E-state index in [4.69, 9.17) is 9.84 Å². The van der Waals surface area contributed by atoms with Crippen molar-refractivity contribution in [2.24, 2.45) is 11.8 Å². The maximum atomic E-state index is 12.2. The molecule has 6 heteroatoms. The highest BCUT2D eigenvalue weighted by Crippen LogP contribution is 2.29. The minimum atomic E-state index is -0.554. The Kier molecular flexibility index (Phi) is 7.25. The Morgan fingerprint density at radius 1 is 1.24 bits per heavy atom. The molecule has 1 aliphatic rings. The molecule has 1 amide bonds. The first-order valence-corrected chi connectivity index (χ1v) is 8.93. The second kappa shape index (κ2) is 9.42. The van der Waals surface area contributed by atoms with Crippen LogP contribution in [0.5, 0.6) is 0 Å². The molecule has 0 saturated heterocycles. The Bertz CT molecular complexity index is 591. The third-order valence-electron chi connectivity index (χ3n) is 4.96. The number of hydrogen-bond acceptors (Lipinski definition) is 5. The molecule has 1 aromatic rings. The number of esters is 1. The van der Waals surface area contributed by atoms with Crippen LogP contribution in [0.1, 0.15) is 43.5 Å². The number of carbonyl (C=O) groups is 2. The first kappa shape index (κ1) is 19.2. The summed E-state index contributed by atoms with van der Waals surface area (Å²) in [5.41, 5.74) is 0.931. The Morgan fingerprint density at radius 3 is 2.76 bits per heavy atom. The van der Waals surface area contributed by atoms with Crippen molar-refractivity contribution >= 4 is 17.6 Å². The summed E-state index contributed by atoms with van der Waals surface area (Å²) in [4.78, 5) is 24.4. The standard InChI is InChI=1S/C19H28N2O4/c1-13-6-5-9-16(14(13)2)21-18(23)12-25-19(24)15-7-3-4-8-17(15)20-10-11-22/h3-4,7-8,13-14,16,20,22H,5-6,9-12H2,1-2H3,(H,21,23)/t13-,14-,16+/m1/s1. The maximum absolute atomic E-state index is 12.2. The lowest BCUT2D eigenvalue weighted by molar-refractivity contribution is -0.125. The van der Waals surface area contributed by atoms with E-state index in [1.54, 1.807) is 24.3 Å². The highest BCUT2D eigenvalue weighted by atomic mass is 16.5. The maximum Gasteiger partial charge on any atom is 0.340 e. The zero-order valence-corrected chi connectivity index (χ0v) is 15.0. The van der Waals surface area contributed by atoms with Crippen LogP contribution in [0.3, 0.4) is 0 Å². The van der Waals surface area contributed by atoms with Crippen LogP contribution in [0.25, 0.3) is 0 Å². The molecule has 2 rings (SSSR count). The van der Waals surface area contributed by atoms with Crippen LogP contribution >= 0.6 is 0 Å². The predicted molar refractivity (Wildman–Crippen MR) is 96.4 cm³/mol. The normalized spacial score (nSPS) is 22.9. The fraction of sp³-hybridized carbons (Fsp3) is 0.579. The van der Waals surface area contributed by atoms with Crippen molar-refractivity contribution in [2.75, 3.05) is 25.1 Å². The number of anilines is 1. The quantitative estimate of drug-likeness (QED) is 0.658. The van der Waals surface area contributed by atoms with E-state index in [1.165, 1.54) is 6.42 Å². The van der Waals surface area contributed by atoms with Crippen molar-refractivity contribution < 1.29 is 19.4 Å². The smallest absolute Gasteiger partial charge is 0.340 e. The van der Waals surface area contributed by atoms with Gasteiger partial charge < -0.3 is 20.5 Å². The van der Waals surface area contributed by atoms with E-state index in [0.29, 0.717) is 29.6 Å². The number of amides is 1. The molecule has 0 bridgehead atoms. The molecular formula is C19H28N2O4. The summed E-state index contributed by atoms with van der Waals surface area (Å²) in [7, 11) is 0. The van der Waals surface area contributed by atoms with E-state index in [0.717, 1.165) is 12.8 Å². The highest BCUT2D eigenvalue weighted by Gasteiger charge is 2.28. The third-order valence-corrected chi connectivity index (χ3v) is 4.96. The van der Waals surface area contributed by atoms with E-state index in [9.17, 15) is 9.59 Å². The van der Waals surface area contributed by atoms with Crippen LogP contribution < -0.4 is 10.6 Å². The Balaban J connectivity index is 1.86. The number of benzene rings is 1. The summed E-state index contributed by atoms with van der Waals surface area (Å²) in [6.45, 7) is 4.38. The number of ether oxygens (including phenoxy) is 1. The van der Waals surface area contributed by atoms with Gasteiger partial charge in [-0.05, 0) is 30.4 Å². The second-order valence-electron chi connectivity index (χ2n) is 6.71. The molecule has 0 aromatic heterocycles. The summed E-state index contributed by atoms with van der Waals surface area (Å²) in [6, 6.07) is 7.02. The number of rotatable bonds is 7. The van der Waals surface area contributed by atoms with E-state index < -0.39 is 5.97 Å². The van der Waals surface area contributed by atoms with Gasteiger partial charge in [0.2, 0.25) is 0 Å². The van der Waals surface area contributed by atoms with Crippen LogP contribution in [-0.4, -0.2) is 42.8 Å². The molecule has 3 atom stereocenters. The molecule has 0 heterocycles. The Hall–Kier alpha value is -2.08. The molecule has 1 aromatic carbocycles. The van der Waals surface area contributed by atoms with Gasteiger partial charge in [-0.25, -0.2) is 4.79 Å². The fourth-order valence-corrected chi connectivity index (χ4v) is 3.25. The summed E-state index contributed by atoms with van der Waals surface area (Å²) >= 11 is 0. The number of hydrogen-bond donors (Lipinski definition) is 3. The van der Waals surface area contributed by atoms with Crippen LogP contribution in [-0.2, 0) is 9.53 Å². The van der Waals surface area contributed by atoms with Gasteiger partial charge in [-0.15, -0.1) is 0 Å². The number of nitrogens with one attached hydrogen (secondary N) is 2. The van der Waals surface area contributed by atoms with Crippen LogP contribution in [0.4, 0.5) is 5.69 Å². The van der Waals surface area contributed by atoms with E-state index in [2.05, 4.69) is 24.5 Å². The van der Waals surface area contributed by atoms with Crippen molar-refractivity contribution in [3.05, 3.63) is 29.8 Å². The molecule has 0 radical (unpaired) electrons. The van der Waals surface area contributed by atoms with Gasteiger partial charge in [0.25, 0.3) is 5.91 Å². The highest BCUT2D eigenvalue weighted by molar-refractivity contribution is 5.96. The predicted octanol–water partition coefficient (Wildman–Crippen LogP) is 2.19. The molecule has 0 unspecified atom stereocenters. The average molecular weight is 348 g/mol. The molecule has 6 nitrogen and oxygen atoms in total. The lowest BCUT2D eigenvalue weighted by Crippen LogP contribution is -2.45. The number of carbonyl (C=O) groups excluding carboxylic acids is 2. The minimum absolute atomic E-state index is 0.0379. The van der Waals surface area contributed by atoms with Gasteiger partial charge in [-0.1, -0.05) is 38.8 Å². The molecular weight excluding hydrogens is 320 g/mol. The van der Waals surface area contributed by atoms with E-state index >= 15 is 0 Å². The summed E-state index contributed by atoms with van der Waals surface area (Å²) < 4.78 is 5.16. The topological polar surface area (TPSA) is 87.7 Å². The third kappa shape index (κ3) is 5.46. The van der Waals surface area contributed by atoms with Gasteiger partial charge in [0.05, 0.1) is 12.2 Å². The van der Waals surface area contributed by atoms with Gasteiger partial charge in [0.15, 0.2) is 6.61 Å². The monoisotopic (exact) mass is 348 g/mol. The fourth-order valence-electron chi connectivity index (χ4n) is 3.25. The SMILES string of the molecule is C[C@@H]1[C@H](C)CCC[C@@H]1NC(=O)COC(=O)c1ccccc1NCCO. The van der Waals surface area contributed by atoms with Crippen LogP contribution in [0.15, 0.2) is 24.3 Å². The molecule has 25 heavy (non-hydrogen) atoms. The van der Waals surface area contributed by atoms with Crippen molar-refractivity contribution in [3.63, 3.8) is 0 Å². The van der Waals surface area contributed by atoms with Gasteiger partial charge in [-0.2, -0.15) is 0 Å². The summed E-state index contributed by atoms with van der Waals surface area (Å²) in [6.07, 6.45) is 3.28. The molecule has 1 aliphatic carbocycles. The van der Waals surface area contributed by atoms with Gasteiger partial charge >= 0.3 is 5.97 Å². The molecule has 1 saturated carbocycles. The number of aliphatic hydroxyl groups excluding tert-OH is 1. The van der Waals surface area contributed by atoms with Crippen LogP contribution in [0.2, 0.25) is 0 Å². The van der Waals surface area contributed by atoms with Crippen molar-refractivity contribution in [3.8, 4) is 0 Å². The summed E-state index contributed by atoms with van der Waals surface area (Å²) in [5, 5.41) is 14.8. The van der Waals surface area contributed by atoms with Gasteiger partial charge in [0, 0.05) is 18.3 Å². The van der Waals surface area contributed by atoms with Gasteiger partial charge in [0.1, 0.15) is 0 Å². The largest absolute Gasteiger partial charge is 0.452 e. The lowest BCUT2D eigenvalue weighted by Gasteiger charge is -2.34. The van der Waals surface area contributed by atoms with Crippen LogP contribution in [0, 0.1) is 11.8 Å². The first-order valence-electron chi connectivity index (χ1n) is 8.93. The lowest BCUT2D eigenvalue weighted by atomic mass is 9.78. The van der Waals surface area contributed by atoms with Crippen molar-refractivity contribution in [2.45, 2.75) is 39.2 Å². The molecule has 0 spiro atoms. The number of para-hydroxylation sites is 1. The average Bonchev–Trinajstić information content (AvgIpc) is 2.62. The Morgan fingerprint density at radius 2 is 2.00 bits per heavy atom. The zero-order valence-electron chi connectivity index (χ0n) is 15.0. The molecule has 138 valence electrons. The van der Waals surface area contributed by atoms with Gasteiger partial charge in [-0.3, -0.25) is 4.79 Å². The van der Waals surface area contributed by atoms with Crippen molar-refractivity contribution in [1.29, 1.82) is 0 Å². The molecule has 1 fully saturated rings.